The van der Waals surface area contributed by atoms with Crippen LogP contribution in [0.25, 0.3) is 0 Å². The van der Waals surface area contributed by atoms with E-state index in [0.29, 0.717) is 5.92 Å². The van der Waals surface area contributed by atoms with Crippen LogP contribution < -0.4 is 11.1 Å². The van der Waals surface area contributed by atoms with Crippen LogP contribution >= 0.6 is 0 Å². The molecule has 0 bridgehead atoms. The molecule has 0 saturated heterocycles. The number of amides is 1. The normalized spacial score (nSPS) is 12.9. The van der Waals surface area contributed by atoms with Gasteiger partial charge in [-0.3, -0.25) is 4.79 Å². The SMILES string of the molecule is CCC[C@H](N)C(=O)NCCCC(C)C. The second-order valence-electron chi connectivity index (χ2n) is 4.22. The number of hydrogen-bond donors (Lipinski definition) is 2. The molecule has 1 amide bonds. The Morgan fingerprint density at radius 2 is 2.00 bits per heavy atom. The smallest absolute Gasteiger partial charge is 0.236 e. The number of carbonyl (C=O) groups excluding carboxylic acids is 1. The predicted octanol–water partition coefficient (Wildman–Crippen LogP) is 1.67. The molecular formula is C11H24N2O. The minimum Gasteiger partial charge on any atom is -0.355 e. The van der Waals surface area contributed by atoms with Gasteiger partial charge in [0.2, 0.25) is 5.91 Å². The van der Waals surface area contributed by atoms with Gasteiger partial charge < -0.3 is 11.1 Å². The highest BCUT2D eigenvalue weighted by Gasteiger charge is 2.10. The Hall–Kier alpha value is -0.570. The minimum atomic E-state index is -0.320. The Balaban J connectivity index is 3.44. The zero-order valence-electron chi connectivity index (χ0n) is 9.68. The summed E-state index contributed by atoms with van der Waals surface area (Å²) in [6.07, 6.45) is 3.93. The predicted molar refractivity (Wildman–Crippen MR) is 60.0 cm³/mol. The third-order valence-electron chi connectivity index (χ3n) is 2.19. The molecule has 14 heavy (non-hydrogen) atoms. The molecule has 0 spiro atoms. The molecule has 3 nitrogen and oxygen atoms in total. The largest absolute Gasteiger partial charge is 0.355 e. The summed E-state index contributed by atoms with van der Waals surface area (Å²) < 4.78 is 0. The van der Waals surface area contributed by atoms with E-state index in [0.717, 1.165) is 32.2 Å². The van der Waals surface area contributed by atoms with E-state index in [1.807, 2.05) is 6.92 Å². The number of nitrogens with two attached hydrogens (primary N) is 1. The Morgan fingerprint density at radius 3 is 2.50 bits per heavy atom. The maximum atomic E-state index is 11.3. The van der Waals surface area contributed by atoms with E-state index >= 15 is 0 Å². The molecule has 0 aromatic carbocycles. The zero-order valence-corrected chi connectivity index (χ0v) is 9.68. The quantitative estimate of drug-likeness (QED) is 0.614. The average molecular weight is 200 g/mol. The van der Waals surface area contributed by atoms with Gasteiger partial charge in [0, 0.05) is 6.54 Å². The fourth-order valence-corrected chi connectivity index (χ4v) is 1.30. The second kappa shape index (κ2) is 7.80. The van der Waals surface area contributed by atoms with Gasteiger partial charge in [-0.15, -0.1) is 0 Å². The molecule has 0 aliphatic rings. The average Bonchev–Trinajstić information content (AvgIpc) is 2.12. The van der Waals surface area contributed by atoms with Crippen molar-refractivity contribution < 1.29 is 4.79 Å². The maximum absolute atomic E-state index is 11.3. The van der Waals surface area contributed by atoms with Crippen molar-refractivity contribution >= 4 is 5.91 Å². The first-order chi connectivity index (χ1) is 6.57. The van der Waals surface area contributed by atoms with Crippen LogP contribution in [0.2, 0.25) is 0 Å². The number of hydrogen-bond acceptors (Lipinski definition) is 2. The van der Waals surface area contributed by atoms with E-state index in [9.17, 15) is 4.79 Å². The fourth-order valence-electron chi connectivity index (χ4n) is 1.30. The summed E-state index contributed by atoms with van der Waals surface area (Å²) in [6.45, 7) is 7.16. The van der Waals surface area contributed by atoms with Crippen LogP contribution in [0.4, 0.5) is 0 Å². The Bertz CT molecular complexity index is 157. The van der Waals surface area contributed by atoms with Crippen molar-refractivity contribution in [2.24, 2.45) is 11.7 Å². The van der Waals surface area contributed by atoms with Gasteiger partial charge in [0.1, 0.15) is 0 Å². The third kappa shape index (κ3) is 6.89. The molecule has 0 saturated carbocycles. The van der Waals surface area contributed by atoms with E-state index < -0.39 is 0 Å². The second-order valence-corrected chi connectivity index (χ2v) is 4.22. The molecule has 0 radical (unpaired) electrons. The Kier molecular flexibility index (Phi) is 7.48. The van der Waals surface area contributed by atoms with Gasteiger partial charge in [-0.05, 0) is 25.2 Å². The number of carbonyl (C=O) groups is 1. The van der Waals surface area contributed by atoms with E-state index in [-0.39, 0.29) is 11.9 Å². The van der Waals surface area contributed by atoms with Crippen LogP contribution in [-0.2, 0) is 4.79 Å². The van der Waals surface area contributed by atoms with Crippen molar-refractivity contribution in [1.82, 2.24) is 5.32 Å². The van der Waals surface area contributed by atoms with Gasteiger partial charge in [0.05, 0.1) is 6.04 Å². The maximum Gasteiger partial charge on any atom is 0.236 e. The summed E-state index contributed by atoms with van der Waals surface area (Å²) in [5.74, 6) is 0.701. The van der Waals surface area contributed by atoms with Crippen LogP contribution in [0.3, 0.4) is 0 Å². The first kappa shape index (κ1) is 13.4. The minimum absolute atomic E-state index is 0.00407. The molecule has 0 aromatic rings. The summed E-state index contributed by atoms with van der Waals surface area (Å²) in [4.78, 5) is 11.3. The molecule has 0 aliphatic carbocycles. The Morgan fingerprint density at radius 1 is 1.36 bits per heavy atom. The van der Waals surface area contributed by atoms with Crippen LogP contribution in [0.15, 0.2) is 0 Å². The monoisotopic (exact) mass is 200 g/mol. The molecule has 0 heterocycles. The van der Waals surface area contributed by atoms with Gasteiger partial charge in [0.15, 0.2) is 0 Å². The molecule has 1 atom stereocenters. The highest BCUT2D eigenvalue weighted by molar-refractivity contribution is 5.81. The summed E-state index contributed by atoms with van der Waals surface area (Å²) in [5.41, 5.74) is 5.66. The molecule has 0 aromatic heterocycles. The highest BCUT2D eigenvalue weighted by atomic mass is 16.2. The summed E-state index contributed by atoms with van der Waals surface area (Å²) in [6, 6.07) is -0.320. The van der Waals surface area contributed by atoms with E-state index in [1.165, 1.54) is 0 Å². The van der Waals surface area contributed by atoms with E-state index in [1.54, 1.807) is 0 Å². The van der Waals surface area contributed by atoms with Crippen molar-refractivity contribution in [3.05, 3.63) is 0 Å². The lowest BCUT2D eigenvalue weighted by Crippen LogP contribution is -2.40. The van der Waals surface area contributed by atoms with Gasteiger partial charge in [-0.25, -0.2) is 0 Å². The van der Waals surface area contributed by atoms with Crippen molar-refractivity contribution in [3.8, 4) is 0 Å². The molecule has 84 valence electrons. The zero-order chi connectivity index (χ0) is 11.0. The first-order valence-corrected chi connectivity index (χ1v) is 5.61. The Labute approximate surface area is 87.4 Å². The lowest BCUT2D eigenvalue weighted by molar-refractivity contribution is -0.122. The molecule has 3 heteroatoms. The summed E-state index contributed by atoms with van der Waals surface area (Å²) in [5, 5.41) is 2.86. The van der Waals surface area contributed by atoms with Crippen LogP contribution in [0.5, 0.6) is 0 Å². The van der Waals surface area contributed by atoms with Gasteiger partial charge in [-0.1, -0.05) is 27.2 Å². The summed E-state index contributed by atoms with van der Waals surface area (Å²) in [7, 11) is 0. The van der Waals surface area contributed by atoms with Gasteiger partial charge in [0.25, 0.3) is 0 Å². The molecule has 0 rings (SSSR count). The number of rotatable bonds is 7. The van der Waals surface area contributed by atoms with Gasteiger partial charge >= 0.3 is 0 Å². The van der Waals surface area contributed by atoms with Crippen LogP contribution in [0, 0.1) is 5.92 Å². The van der Waals surface area contributed by atoms with E-state index in [4.69, 9.17) is 5.73 Å². The molecule has 0 aliphatic heterocycles. The first-order valence-electron chi connectivity index (χ1n) is 5.61. The standard InChI is InChI=1S/C11H24N2O/c1-4-6-10(12)11(14)13-8-5-7-9(2)3/h9-10H,4-8,12H2,1-3H3,(H,13,14)/t10-/m0/s1. The third-order valence-corrected chi connectivity index (χ3v) is 2.19. The molecular weight excluding hydrogens is 176 g/mol. The molecule has 3 N–H and O–H groups in total. The summed E-state index contributed by atoms with van der Waals surface area (Å²) >= 11 is 0. The number of nitrogens with one attached hydrogen (secondary N) is 1. The lowest BCUT2D eigenvalue weighted by atomic mass is 10.1. The van der Waals surface area contributed by atoms with Crippen LogP contribution in [0.1, 0.15) is 46.5 Å². The highest BCUT2D eigenvalue weighted by Crippen LogP contribution is 2.01. The van der Waals surface area contributed by atoms with Crippen molar-refractivity contribution in [2.45, 2.75) is 52.5 Å². The molecule has 0 unspecified atom stereocenters. The van der Waals surface area contributed by atoms with Crippen LogP contribution in [-0.4, -0.2) is 18.5 Å². The van der Waals surface area contributed by atoms with E-state index in [2.05, 4.69) is 19.2 Å². The molecule has 0 fully saturated rings. The van der Waals surface area contributed by atoms with Gasteiger partial charge in [-0.2, -0.15) is 0 Å². The van der Waals surface area contributed by atoms with Crippen molar-refractivity contribution in [3.63, 3.8) is 0 Å². The van der Waals surface area contributed by atoms with Crippen molar-refractivity contribution in [1.29, 1.82) is 0 Å². The topological polar surface area (TPSA) is 55.1 Å². The lowest BCUT2D eigenvalue weighted by Gasteiger charge is -2.11. The van der Waals surface area contributed by atoms with Crippen molar-refractivity contribution in [2.75, 3.05) is 6.54 Å². The fraction of sp³-hybridized carbons (Fsp3) is 0.909.